The Balaban J connectivity index is 2.89. The van der Waals surface area contributed by atoms with E-state index in [4.69, 9.17) is 5.11 Å². The molecule has 11 heavy (non-hydrogen) atoms. The number of hydrogen-bond acceptors (Lipinski definition) is 3. The molecule has 0 spiro atoms. The van der Waals surface area contributed by atoms with Crippen LogP contribution in [0.2, 0.25) is 0 Å². The number of carboxylic acid groups (broad SMARTS) is 1. The number of carbonyl (C=O) groups is 2. The first kappa shape index (κ1) is 7.87. The van der Waals surface area contributed by atoms with Gasteiger partial charge in [0.1, 0.15) is 5.57 Å². The lowest BCUT2D eigenvalue weighted by atomic mass is 10.1. The molecule has 0 aromatic rings. The van der Waals surface area contributed by atoms with Crippen molar-refractivity contribution in [3.8, 4) is 0 Å². The van der Waals surface area contributed by atoms with Gasteiger partial charge in [-0.2, -0.15) is 0 Å². The van der Waals surface area contributed by atoms with Gasteiger partial charge in [-0.05, 0) is 0 Å². The maximum atomic E-state index is 10.8. The van der Waals surface area contributed by atoms with E-state index in [9.17, 15) is 9.59 Å². The average molecular weight is 171 g/mol. The van der Waals surface area contributed by atoms with E-state index >= 15 is 0 Å². The van der Waals surface area contributed by atoms with Gasteiger partial charge in [0.2, 0.25) is 0 Å². The van der Waals surface area contributed by atoms with Crippen molar-refractivity contribution >= 4 is 29.1 Å². The summed E-state index contributed by atoms with van der Waals surface area (Å²) in [6, 6.07) is 0. The van der Waals surface area contributed by atoms with Crippen molar-refractivity contribution < 1.29 is 14.7 Å². The molecule has 4 nitrogen and oxygen atoms in total. The van der Waals surface area contributed by atoms with Crippen molar-refractivity contribution in [2.75, 3.05) is 0 Å². The van der Waals surface area contributed by atoms with Crippen LogP contribution in [-0.2, 0) is 9.59 Å². The van der Waals surface area contributed by atoms with Crippen molar-refractivity contribution in [2.24, 2.45) is 0 Å². The van der Waals surface area contributed by atoms with Crippen molar-refractivity contribution in [3.05, 3.63) is 11.6 Å². The molecule has 0 fully saturated rings. The van der Waals surface area contributed by atoms with Crippen molar-refractivity contribution in [1.29, 1.82) is 0 Å². The molecular formula is C6H5NO3S. The monoisotopic (exact) mass is 171 g/mol. The highest BCUT2D eigenvalue weighted by atomic mass is 32.1. The normalized spacial score (nSPS) is 17.3. The molecule has 1 amide bonds. The van der Waals surface area contributed by atoms with Crippen LogP contribution in [0.15, 0.2) is 11.6 Å². The van der Waals surface area contributed by atoms with Crippen LogP contribution >= 0.6 is 12.2 Å². The highest BCUT2D eigenvalue weighted by molar-refractivity contribution is 7.80. The van der Waals surface area contributed by atoms with Gasteiger partial charge < -0.3 is 10.4 Å². The lowest BCUT2D eigenvalue weighted by Gasteiger charge is -2.10. The zero-order chi connectivity index (χ0) is 8.43. The van der Waals surface area contributed by atoms with E-state index in [2.05, 4.69) is 17.5 Å². The molecule has 0 atom stereocenters. The van der Waals surface area contributed by atoms with Gasteiger partial charge in [-0.3, -0.25) is 4.79 Å². The molecule has 1 aliphatic heterocycles. The fourth-order valence-electron chi connectivity index (χ4n) is 0.717. The highest BCUT2D eigenvalue weighted by Crippen LogP contribution is 2.04. The van der Waals surface area contributed by atoms with Crippen molar-refractivity contribution in [1.82, 2.24) is 5.32 Å². The van der Waals surface area contributed by atoms with Gasteiger partial charge in [0, 0.05) is 6.42 Å². The summed E-state index contributed by atoms with van der Waals surface area (Å²) < 4.78 is 0. The second-order valence-electron chi connectivity index (χ2n) is 2.00. The largest absolute Gasteiger partial charge is 0.478 e. The van der Waals surface area contributed by atoms with E-state index < -0.39 is 11.9 Å². The molecule has 0 unspecified atom stereocenters. The smallest absolute Gasteiger partial charge is 0.341 e. The van der Waals surface area contributed by atoms with Crippen molar-refractivity contribution in [2.45, 2.75) is 6.42 Å². The maximum absolute atomic E-state index is 10.8. The Morgan fingerprint density at radius 1 is 1.73 bits per heavy atom. The summed E-state index contributed by atoms with van der Waals surface area (Å²) >= 11 is 4.65. The molecule has 58 valence electrons. The predicted octanol–water partition coefficient (Wildman–Crippen LogP) is -0.155. The fraction of sp³-hybridized carbons (Fsp3) is 0.167. The lowest BCUT2D eigenvalue weighted by molar-refractivity contribution is -0.134. The number of carboxylic acids is 1. The summed E-state index contributed by atoms with van der Waals surface area (Å²) in [5.74, 6) is -1.85. The van der Waals surface area contributed by atoms with Crippen LogP contribution in [0.3, 0.4) is 0 Å². The summed E-state index contributed by atoms with van der Waals surface area (Å²) in [7, 11) is 0. The Hall–Kier alpha value is -1.23. The van der Waals surface area contributed by atoms with Crippen molar-refractivity contribution in [3.63, 3.8) is 0 Å². The highest BCUT2D eigenvalue weighted by Gasteiger charge is 2.21. The van der Waals surface area contributed by atoms with Gasteiger partial charge >= 0.3 is 5.97 Å². The van der Waals surface area contributed by atoms with E-state index in [-0.39, 0.29) is 5.57 Å². The molecule has 0 aromatic carbocycles. The fourth-order valence-corrected chi connectivity index (χ4v) is 0.893. The van der Waals surface area contributed by atoms with Gasteiger partial charge in [0.15, 0.2) is 0 Å². The van der Waals surface area contributed by atoms with Crippen LogP contribution in [0.4, 0.5) is 0 Å². The molecular weight excluding hydrogens is 166 g/mol. The van der Waals surface area contributed by atoms with Gasteiger partial charge in [0.05, 0.1) is 4.99 Å². The van der Waals surface area contributed by atoms with Crippen LogP contribution in [0.1, 0.15) is 6.42 Å². The van der Waals surface area contributed by atoms with E-state index in [0.29, 0.717) is 11.4 Å². The summed E-state index contributed by atoms with van der Waals surface area (Å²) in [5.41, 5.74) is -0.237. The topological polar surface area (TPSA) is 66.4 Å². The van der Waals surface area contributed by atoms with E-state index in [1.54, 1.807) is 0 Å². The standard InChI is InChI=1S/C6H5NO3S/c8-5-3(6(9)10)1-2-4(11)7-5/h1H,2H2,(H,9,10)(H,7,8,11). The Morgan fingerprint density at radius 2 is 2.36 bits per heavy atom. The second-order valence-corrected chi connectivity index (χ2v) is 2.50. The number of rotatable bonds is 1. The summed E-state index contributed by atoms with van der Waals surface area (Å²) in [4.78, 5) is 21.5. The third kappa shape index (κ3) is 1.62. The third-order valence-electron chi connectivity index (χ3n) is 1.22. The predicted molar refractivity (Wildman–Crippen MR) is 41.1 cm³/mol. The van der Waals surface area contributed by atoms with Crippen LogP contribution in [-0.4, -0.2) is 22.0 Å². The van der Waals surface area contributed by atoms with Gasteiger partial charge in [0.25, 0.3) is 5.91 Å². The molecule has 0 bridgehead atoms. The quantitative estimate of drug-likeness (QED) is 0.425. The molecule has 1 rings (SSSR count). The minimum atomic E-state index is -1.22. The second kappa shape index (κ2) is 2.79. The molecule has 2 N–H and O–H groups in total. The summed E-state index contributed by atoms with van der Waals surface area (Å²) in [6.45, 7) is 0. The number of thiocarbonyl (C=S) groups is 1. The Kier molecular flexibility index (Phi) is 2.00. The Bertz CT molecular complexity index is 269. The lowest BCUT2D eigenvalue weighted by Crippen LogP contribution is -2.35. The SMILES string of the molecule is O=C(O)C1=CCC(=S)NC1=O. The van der Waals surface area contributed by atoms with E-state index in [0.717, 1.165) is 0 Å². The first-order valence-electron chi connectivity index (χ1n) is 2.89. The molecule has 0 radical (unpaired) electrons. The van der Waals surface area contributed by atoms with E-state index in [1.807, 2.05) is 0 Å². The number of nitrogens with one attached hydrogen (secondary N) is 1. The molecule has 0 aliphatic carbocycles. The van der Waals surface area contributed by atoms with E-state index in [1.165, 1.54) is 6.08 Å². The molecule has 0 saturated heterocycles. The zero-order valence-electron chi connectivity index (χ0n) is 5.46. The molecule has 1 heterocycles. The van der Waals surface area contributed by atoms with Gasteiger partial charge in [-0.15, -0.1) is 0 Å². The molecule has 0 saturated carbocycles. The Morgan fingerprint density at radius 3 is 2.82 bits per heavy atom. The maximum Gasteiger partial charge on any atom is 0.341 e. The van der Waals surface area contributed by atoms with Crippen LogP contribution in [0, 0.1) is 0 Å². The minimum absolute atomic E-state index is 0.237. The molecule has 0 aromatic heterocycles. The molecule has 5 heteroatoms. The number of amides is 1. The molecule has 1 aliphatic rings. The summed E-state index contributed by atoms with van der Waals surface area (Å²) in [6.07, 6.45) is 1.63. The summed E-state index contributed by atoms with van der Waals surface area (Å²) in [5, 5.41) is 10.7. The first-order chi connectivity index (χ1) is 5.11. The average Bonchev–Trinajstić information content (AvgIpc) is 1.85. The first-order valence-corrected chi connectivity index (χ1v) is 3.29. The number of hydrogen-bond donors (Lipinski definition) is 2. The van der Waals surface area contributed by atoms with Crippen LogP contribution < -0.4 is 5.32 Å². The zero-order valence-corrected chi connectivity index (χ0v) is 6.27. The van der Waals surface area contributed by atoms with Gasteiger partial charge in [-0.1, -0.05) is 18.3 Å². The Labute approximate surface area is 67.9 Å². The van der Waals surface area contributed by atoms with Crippen LogP contribution in [0.5, 0.6) is 0 Å². The number of aliphatic carboxylic acids is 1. The van der Waals surface area contributed by atoms with Crippen LogP contribution in [0.25, 0.3) is 0 Å². The number of carbonyl (C=O) groups excluding carboxylic acids is 1. The third-order valence-corrected chi connectivity index (χ3v) is 1.49. The minimum Gasteiger partial charge on any atom is -0.478 e. The van der Waals surface area contributed by atoms with Gasteiger partial charge in [-0.25, -0.2) is 4.79 Å².